The van der Waals surface area contributed by atoms with Crippen LogP contribution in [0.25, 0.3) is 0 Å². The molecule has 3 nitrogen and oxygen atoms in total. The third kappa shape index (κ3) is 2.66. The van der Waals surface area contributed by atoms with Gasteiger partial charge in [-0.15, -0.1) is 0 Å². The lowest BCUT2D eigenvalue weighted by Crippen LogP contribution is -2.28. The van der Waals surface area contributed by atoms with E-state index in [2.05, 4.69) is 6.92 Å². The second kappa shape index (κ2) is 5.42. The maximum absolute atomic E-state index is 12.3. The molecule has 0 radical (unpaired) electrons. The first-order valence-corrected chi connectivity index (χ1v) is 6.70. The zero-order chi connectivity index (χ0) is 13.1. The SMILES string of the molecule is CCCC1CCN(C(=O)c2cc(C)ccc2O)C1. The fourth-order valence-corrected chi connectivity index (χ4v) is 2.65. The molecular weight excluding hydrogens is 226 g/mol. The summed E-state index contributed by atoms with van der Waals surface area (Å²) in [7, 11) is 0. The number of aryl methyl sites for hydroxylation is 1. The summed E-state index contributed by atoms with van der Waals surface area (Å²) in [6.07, 6.45) is 3.44. The molecule has 1 aliphatic heterocycles. The van der Waals surface area contributed by atoms with Gasteiger partial charge in [-0.1, -0.05) is 25.0 Å². The minimum Gasteiger partial charge on any atom is -0.507 e. The molecule has 98 valence electrons. The Labute approximate surface area is 108 Å². The van der Waals surface area contributed by atoms with Crippen molar-refractivity contribution in [3.63, 3.8) is 0 Å². The highest BCUT2D eigenvalue weighted by Crippen LogP contribution is 2.26. The summed E-state index contributed by atoms with van der Waals surface area (Å²) in [4.78, 5) is 14.2. The normalized spacial score (nSPS) is 19.2. The molecule has 0 bridgehead atoms. The van der Waals surface area contributed by atoms with Gasteiger partial charge >= 0.3 is 0 Å². The number of rotatable bonds is 3. The Hall–Kier alpha value is -1.51. The van der Waals surface area contributed by atoms with Gasteiger partial charge in [0.05, 0.1) is 5.56 Å². The van der Waals surface area contributed by atoms with Crippen LogP contribution in [-0.2, 0) is 0 Å². The Morgan fingerprint density at radius 2 is 2.28 bits per heavy atom. The predicted molar refractivity (Wildman–Crippen MR) is 71.8 cm³/mol. The van der Waals surface area contributed by atoms with E-state index in [0.29, 0.717) is 11.5 Å². The molecule has 0 spiro atoms. The fourth-order valence-electron chi connectivity index (χ4n) is 2.65. The van der Waals surface area contributed by atoms with Gasteiger partial charge in [0.1, 0.15) is 5.75 Å². The van der Waals surface area contributed by atoms with Crippen molar-refractivity contribution in [3.8, 4) is 5.75 Å². The van der Waals surface area contributed by atoms with Crippen molar-refractivity contribution in [2.24, 2.45) is 5.92 Å². The molecule has 0 aliphatic carbocycles. The first-order valence-electron chi connectivity index (χ1n) is 6.70. The van der Waals surface area contributed by atoms with Gasteiger partial charge in [0.15, 0.2) is 0 Å². The van der Waals surface area contributed by atoms with Crippen molar-refractivity contribution < 1.29 is 9.90 Å². The summed E-state index contributed by atoms with van der Waals surface area (Å²) in [6.45, 7) is 5.76. The predicted octanol–water partition coefficient (Wildman–Crippen LogP) is 2.96. The largest absolute Gasteiger partial charge is 0.507 e. The fraction of sp³-hybridized carbons (Fsp3) is 0.533. The van der Waals surface area contributed by atoms with Gasteiger partial charge in [0.2, 0.25) is 0 Å². The molecular formula is C15H21NO2. The number of phenolic OH excluding ortho intramolecular Hbond substituents is 1. The van der Waals surface area contributed by atoms with Crippen molar-refractivity contribution in [1.82, 2.24) is 4.90 Å². The summed E-state index contributed by atoms with van der Waals surface area (Å²) in [5, 5.41) is 9.79. The second-order valence-electron chi connectivity index (χ2n) is 5.22. The van der Waals surface area contributed by atoms with Gasteiger partial charge in [0.25, 0.3) is 5.91 Å². The lowest BCUT2D eigenvalue weighted by molar-refractivity contribution is 0.0783. The highest BCUT2D eigenvalue weighted by atomic mass is 16.3. The van der Waals surface area contributed by atoms with Crippen molar-refractivity contribution in [3.05, 3.63) is 29.3 Å². The van der Waals surface area contributed by atoms with Gasteiger partial charge in [-0.2, -0.15) is 0 Å². The number of hydrogen-bond donors (Lipinski definition) is 1. The first-order chi connectivity index (χ1) is 8.61. The average molecular weight is 247 g/mol. The van der Waals surface area contributed by atoms with Crippen LogP contribution in [0.15, 0.2) is 18.2 Å². The van der Waals surface area contributed by atoms with Gasteiger partial charge in [-0.05, 0) is 37.8 Å². The molecule has 1 saturated heterocycles. The molecule has 1 amide bonds. The highest BCUT2D eigenvalue weighted by Gasteiger charge is 2.27. The average Bonchev–Trinajstić information content (AvgIpc) is 2.80. The molecule has 1 heterocycles. The Kier molecular flexibility index (Phi) is 3.90. The number of aromatic hydroxyl groups is 1. The quantitative estimate of drug-likeness (QED) is 0.892. The number of likely N-dealkylation sites (tertiary alicyclic amines) is 1. The van der Waals surface area contributed by atoms with Crippen LogP contribution in [0.4, 0.5) is 0 Å². The van der Waals surface area contributed by atoms with Crippen molar-refractivity contribution in [1.29, 1.82) is 0 Å². The summed E-state index contributed by atoms with van der Waals surface area (Å²) >= 11 is 0. The molecule has 1 aromatic carbocycles. The van der Waals surface area contributed by atoms with Crippen LogP contribution >= 0.6 is 0 Å². The Bertz CT molecular complexity index is 442. The second-order valence-corrected chi connectivity index (χ2v) is 5.22. The van der Waals surface area contributed by atoms with E-state index >= 15 is 0 Å². The number of carbonyl (C=O) groups is 1. The summed E-state index contributed by atoms with van der Waals surface area (Å²) in [5.41, 5.74) is 1.44. The first kappa shape index (κ1) is 12.9. The lowest BCUT2D eigenvalue weighted by atomic mass is 10.0. The number of phenols is 1. The van der Waals surface area contributed by atoms with Crippen LogP contribution in [0.5, 0.6) is 5.75 Å². The molecule has 0 aromatic heterocycles. The molecule has 2 rings (SSSR count). The van der Waals surface area contributed by atoms with Gasteiger partial charge in [-0.3, -0.25) is 4.79 Å². The monoisotopic (exact) mass is 247 g/mol. The van der Waals surface area contributed by atoms with Crippen LogP contribution in [0.2, 0.25) is 0 Å². The minimum atomic E-state index is -0.0326. The summed E-state index contributed by atoms with van der Waals surface area (Å²) < 4.78 is 0. The van der Waals surface area contributed by atoms with E-state index < -0.39 is 0 Å². The molecule has 1 atom stereocenters. The van der Waals surface area contributed by atoms with Crippen LogP contribution in [0.3, 0.4) is 0 Å². The third-order valence-corrected chi connectivity index (χ3v) is 3.65. The van der Waals surface area contributed by atoms with E-state index in [1.165, 1.54) is 12.8 Å². The number of benzene rings is 1. The standard InChI is InChI=1S/C15H21NO2/c1-3-4-12-7-8-16(10-12)15(18)13-9-11(2)5-6-14(13)17/h5-6,9,12,17H,3-4,7-8,10H2,1-2H3. The van der Waals surface area contributed by atoms with E-state index in [1.54, 1.807) is 12.1 Å². The van der Waals surface area contributed by atoms with Crippen molar-refractivity contribution in [2.45, 2.75) is 33.1 Å². The van der Waals surface area contributed by atoms with Crippen LogP contribution in [0, 0.1) is 12.8 Å². The molecule has 1 N–H and O–H groups in total. The summed E-state index contributed by atoms with van der Waals surface area (Å²) in [6, 6.07) is 5.18. The lowest BCUT2D eigenvalue weighted by Gasteiger charge is -2.17. The Morgan fingerprint density at radius 3 is 3.00 bits per heavy atom. The van der Waals surface area contributed by atoms with E-state index in [1.807, 2.05) is 17.9 Å². The highest BCUT2D eigenvalue weighted by molar-refractivity contribution is 5.97. The molecule has 1 fully saturated rings. The summed E-state index contributed by atoms with van der Waals surface area (Å²) in [5.74, 6) is 0.685. The minimum absolute atomic E-state index is 0.0326. The number of nitrogens with zero attached hydrogens (tertiary/aromatic N) is 1. The third-order valence-electron chi connectivity index (χ3n) is 3.65. The zero-order valence-electron chi connectivity index (χ0n) is 11.1. The van der Waals surface area contributed by atoms with E-state index in [4.69, 9.17) is 0 Å². The molecule has 1 aliphatic rings. The van der Waals surface area contributed by atoms with Crippen LogP contribution in [-0.4, -0.2) is 29.0 Å². The molecule has 0 saturated carbocycles. The number of hydrogen-bond acceptors (Lipinski definition) is 2. The molecule has 3 heteroatoms. The van der Waals surface area contributed by atoms with Gasteiger partial charge < -0.3 is 10.0 Å². The zero-order valence-corrected chi connectivity index (χ0v) is 11.1. The van der Waals surface area contributed by atoms with Crippen LogP contribution < -0.4 is 0 Å². The smallest absolute Gasteiger partial charge is 0.257 e. The van der Waals surface area contributed by atoms with Crippen molar-refractivity contribution in [2.75, 3.05) is 13.1 Å². The van der Waals surface area contributed by atoms with Crippen molar-refractivity contribution >= 4 is 5.91 Å². The maximum Gasteiger partial charge on any atom is 0.257 e. The van der Waals surface area contributed by atoms with E-state index in [-0.39, 0.29) is 11.7 Å². The van der Waals surface area contributed by atoms with Crippen LogP contribution in [0.1, 0.15) is 42.1 Å². The van der Waals surface area contributed by atoms with Gasteiger partial charge in [-0.25, -0.2) is 0 Å². The molecule has 18 heavy (non-hydrogen) atoms. The van der Waals surface area contributed by atoms with Gasteiger partial charge in [0, 0.05) is 13.1 Å². The maximum atomic E-state index is 12.3. The van der Waals surface area contributed by atoms with E-state index in [0.717, 1.165) is 25.1 Å². The number of carbonyl (C=O) groups excluding carboxylic acids is 1. The Balaban J connectivity index is 2.10. The molecule has 1 aromatic rings. The molecule has 1 unspecified atom stereocenters. The topological polar surface area (TPSA) is 40.5 Å². The van der Waals surface area contributed by atoms with E-state index in [9.17, 15) is 9.90 Å². The Morgan fingerprint density at radius 1 is 1.50 bits per heavy atom. The number of amides is 1.